The zero-order valence-corrected chi connectivity index (χ0v) is 9.28. The molecule has 0 unspecified atom stereocenters. The summed E-state index contributed by atoms with van der Waals surface area (Å²) in [6.45, 7) is 0.377. The Balaban J connectivity index is 1.99. The van der Waals surface area contributed by atoms with Gasteiger partial charge in [-0.1, -0.05) is 12.1 Å². The van der Waals surface area contributed by atoms with Crippen molar-refractivity contribution in [1.82, 2.24) is 9.97 Å². The summed E-state index contributed by atoms with van der Waals surface area (Å²) < 4.78 is 36.8. The number of nitrogens with one attached hydrogen (secondary N) is 1. The first-order chi connectivity index (χ1) is 8.55. The fourth-order valence-electron chi connectivity index (χ4n) is 1.36. The second kappa shape index (κ2) is 5.03. The van der Waals surface area contributed by atoms with E-state index in [1.807, 2.05) is 6.07 Å². The maximum Gasteiger partial charge on any atom is 0.433 e. The fraction of sp³-hybridized carbons (Fsp3) is 0.167. The highest BCUT2D eigenvalue weighted by molar-refractivity contribution is 5.34. The van der Waals surface area contributed by atoms with Gasteiger partial charge in [0.1, 0.15) is 11.5 Å². The predicted molar refractivity (Wildman–Crippen MR) is 60.8 cm³/mol. The van der Waals surface area contributed by atoms with Gasteiger partial charge in [-0.05, 0) is 23.8 Å². The van der Waals surface area contributed by atoms with Crippen LogP contribution in [0.15, 0.2) is 42.7 Å². The van der Waals surface area contributed by atoms with Crippen LogP contribution >= 0.6 is 0 Å². The van der Waals surface area contributed by atoms with Crippen molar-refractivity contribution in [3.8, 4) is 0 Å². The molecule has 6 heteroatoms. The Morgan fingerprint density at radius 3 is 2.44 bits per heavy atom. The van der Waals surface area contributed by atoms with E-state index in [1.54, 1.807) is 18.3 Å². The van der Waals surface area contributed by atoms with Gasteiger partial charge in [0.15, 0.2) is 0 Å². The van der Waals surface area contributed by atoms with Crippen molar-refractivity contribution in [2.75, 3.05) is 5.32 Å². The molecule has 94 valence electrons. The molecule has 2 aromatic heterocycles. The second-order valence-electron chi connectivity index (χ2n) is 3.62. The molecule has 0 saturated carbocycles. The van der Waals surface area contributed by atoms with Gasteiger partial charge >= 0.3 is 6.18 Å². The van der Waals surface area contributed by atoms with Crippen molar-refractivity contribution in [2.24, 2.45) is 0 Å². The lowest BCUT2D eigenvalue weighted by Gasteiger charge is -2.07. The maximum absolute atomic E-state index is 12.3. The molecule has 0 aliphatic rings. The van der Waals surface area contributed by atoms with Crippen LogP contribution in [0.2, 0.25) is 0 Å². The van der Waals surface area contributed by atoms with Gasteiger partial charge in [-0.2, -0.15) is 13.2 Å². The third-order valence-electron chi connectivity index (χ3n) is 2.25. The summed E-state index contributed by atoms with van der Waals surface area (Å²) in [6, 6.07) is 7.74. The van der Waals surface area contributed by atoms with Gasteiger partial charge in [-0.25, -0.2) is 4.98 Å². The highest BCUT2D eigenvalue weighted by Crippen LogP contribution is 2.27. The van der Waals surface area contributed by atoms with Gasteiger partial charge in [-0.15, -0.1) is 0 Å². The third-order valence-corrected chi connectivity index (χ3v) is 2.25. The normalized spacial score (nSPS) is 11.3. The molecule has 0 bridgehead atoms. The molecule has 0 aliphatic heterocycles. The Labute approximate surface area is 102 Å². The van der Waals surface area contributed by atoms with Gasteiger partial charge in [0, 0.05) is 18.9 Å². The number of halogens is 3. The molecule has 3 nitrogen and oxygen atoms in total. The minimum atomic E-state index is -4.40. The van der Waals surface area contributed by atoms with E-state index >= 15 is 0 Å². The van der Waals surface area contributed by atoms with E-state index in [1.165, 1.54) is 12.3 Å². The molecule has 2 rings (SSSR count). The molecule has 0 atom stereocenters. The molecule has 1 N–H and O–H groups in total. The van der Waals surface area contributed by atoms with E-state index in [0.717, 1.165) is 6.07 Å². The van der Waals surface area contributed by atoms with Crippen LogP contribution in [0.3, 0.4) is 0 Å². The maximum atomic E-state index is 12.3. The monoisotopic (exact) mass is 253 g/mol. The lowest BCUT2D eigenvalue weighted by molar-refractivity contribution is -0.141. The van der Waals surface area contributed by atoms with Crippen LogP contribution in [-0.2, 0) is 12.7 Å². The van der Waals surface area contributed by atoms with E-state index in [4.69, 9.17) is 0 Å². The van der Waals surface area contributed by atoms with E-state index in [2.05, 4.69) is 15.3 Å². The summed E-state index contributed by atoms with van der Waals surface area (Å²) in [5.74, 6) is 0.664. The lowest BCUT2D eigenvalue weighted by atomic mass is 10.2. The quantitative estimate of drug-likeness (QED) is 0.913. The summed E-state index contributed by atoms with van der Waals surface area (Å²) in [5.41, 5.74) is -0.224. The van der Waals surface area contributed by atoms with E-state index in [-0.39, 0.29) is 0 Å². The molecular weight excluding hydrogens is 243 g/mol. The highest BCUT2D eigenvalue weighted by atomic mass is 19.4. The minimum Gasteiger partial charge on any atom is -0.366 e. The van der Waals surface area contributed by atoms with Gasteiger partial charge < -0.3 is 5.32 Å². The largest absolute Gasteiger partial charge is 0.433 e. The molecule has 0 amide bonds. The van der Waals surface area contributed by atoms with Gasteiger partial charge in [0.2, 0.25) is 0 Å². The van der Waals surface area contributed by atoms with Crippen molar-refractivity contribution in [2.45, 2.75) is 12.7 Å². The Morgan fingerprint density at radius 2 is 1.89 bits per heavy atom. The van der Waals surface area contributed by atoms with Crippen molar-refractivity contribution in [1.29, 1.82) is 0 Å². The molecule has 0 aliphatic carbocycles. The number of alkyl halides is 3. The van der Waals surface area contributed by atoms with Crippen molar-refractivity contribution in [3.63, 3.8) is 0 Å². The number of hydrogen-bond acceptors (Lipinski definition) is 3. The Hall–Kier alpha value is -2.11. The fourth-order valence-corrected chi connectivity index (χ4v) is 1.36. The molecule has 2 aromatic rings. The summed E-state index contributed by atoms with van der Waals surface area (Å²) in [4.78, 5) is 7.42. The number of anilines is 1. The van der Waals surface area contributed by atoms with Crippen LogP contribution in [0.5, 0.6) is 0 Å². The Morgan fingerprint density at radius 1 is 1.06 bits per heavy atom. The average Bonchev–Trinajstić information content (AvgIpc) is 2.37. The zero-order valence-electron chi connectivity index (χ0n) is 9.28. The molecule has 18 heavy (non-hydrogen) atoms. The first kappa shape index (κ1) is 12.3. The number of hydrogen-bond donors (Lipinski definition) is 1. The average molecular weight is 253 g/mol. The van der Waals surface area contributed by atoms with Crippen LogP contribution in [0.4, 0.5) is 19.0 Å². The SMILES string of the molecule is FC(F)(F)c1ccc(CNc2ccccn2)cn1. The smallest absolute Gasteiger partial charge is 0.366 e. The molecule has 0 spiro atoms. The molecule has 0 saturated heterocycles. The van der Waals surface area contributed by atoms with Crippen molar-refractivity contribution in [3.05, 3.63) is 54.0 Å². The molecular formula is C12H10F3N3. The van der Waals surface area contributed by atoms with Crippen LogP contribution in [0, 0.1) is 0 Å². The van der Waals surface area contributed by atoms with Crippen LogP contribution < -0.4 is 5.32 Å². The molecule has 2 heterocycles. The van der Waals surface area contributed by atoms with Gasteiger partial charge in [0.05, 0.1) is 0 Å². The second-order valence-corrected chi connectivity index (χ2v) is 3.62. The first-order valence-corrected chi connectivity index (χ1v) is 5.23. The standard InChI is InChI=1S/C12H10F3N3/c13-12(14,15)10-5-4-9(7-17-10)8-18-11-3-1-2-6-16-11/h1-7H,8H2,(H,16,18). The topological polar surface area (TPSA) is 37.8 Å². The minimum absolute atomic E-state index is 0.377. The number of nitrogens with zero attached hydrogens (tertiary/aromatic N) is 2. The van der Waals surface area contributed by atoms with Crippen LogP contribution in [0.1, 0.15) is 11.3 Å². The Kier molecular flexibility index (Phi) is 3.45. The first-order valence-electron chi connectivity index (χ1n) is 5.23. The third kappa shape index (κ3) is 3.19. The summed E-state index contributed by atoms with van der Waals surface area (Å²) in [7, 11) is 0. The number of aromatic nitrogens is 2. The zero-order chi connectivity index (χ0) is 13.0. The van der Waals surface area contributed by atoms with E-state index < -0.39 is 11.9 Å². The lowest BCUT2D eigenvalue weighted by Crippen LogP contribution is -2.08. The van der Waals surface area contributed by atoms with Gasteiger partial charge in [-0.3, -0.25) is 4.98 Å². The molecule has 0 radical (unpaired) electrons. The number of rotatable bonds is 3. The molecule has 0 fully saturated rings. The summed E-state index contributed by atoms with van der Waals surface area (Å²) in [6.07, 6.45) is -1.56. The summed E-state index contributed by atoms with van der Waals surface area (Å²) in [5, 5.41) is 2.99. The van der Waals surface area contributed by atoms with Crippen LogP contribution in [-0.4, -0.2) is 9.97 Å². The highest BCUT2D eigenvalue weighted by Gasteiger charge is 2.31. The van der Waals surface area contributed by atoms with Crippen molar-refractivity contribution < 1.29 is 13.2 Å². The van der Waals surface area contributed by atoms with Gasteiger partial charge in [0.25, 0.3) is 0 Å². The van der Waals surface area contributed by atoms with Crippen LogP contribution in [0.25, 0.3) is 0 Å². The number of pyridine rings is 2. The molecule has 0 aromatic carbocycles. The van der Waals surface area contributed by atoms with E-state index in [0.29, 0.717) is 17.9 Å². The van der Waals surface area contributed by atoms with Crippen molar-refractivity contribution >= 4 is 5.82 Å². The predicted octanol–water partition coefficient (Wildman–Crippen LogP) is 3.11. The summed E-state index contributed by atoms with van der Waals surface area (Å²) >= 11 is 0. The Bertz CT molecular complexity index is 494. The van der Waals surface area contributed by atoms with E-state index in [9.17, 15) is 13.2 Å².